The van der Waals surface area contributed by atoms with E-state index in [1.807, 2.05) is 6.92 Å². The van der Waals surface area contributed by atoms with Crippen LogP contribution >= 0.6 is 0 Å². The molecule has 0 saturated carbocycles. The van der Waals surface area contributed by atoms with Gasteiger partial charge in [-0.25, -0.2) is 4.98 Å². The van der Waals surface area contributed by atoms with Gasteiger partial charge in [0, 0.05) is 6.54 Å². The lowest BCUT2D eigenvalue weighted by Gasteiger charge is -2.27. The Morgan fingerprint density at radius 3 is 2.65 bits per heavy atom. The van der Waals surface area contributed by atoms with Crippen molar-refractivity contribution in [2.75, 3.05) is 12.3 Å². The third kappa shape index (κ3) is 3.91. The van der Waals surface area contributed by atoms with Gasteiger partial charge < -0.3 is 11.1 Å². The molecule has 20 heavy (non-hydrogen) atoms. The number of hydrogen-bond acceptors (Lipinski definition) is 5. The Hall–Kier alpha value is -2.18. The predicted octanol–water partition coefficient (Wildman–Crippen LogP) is 1.98. The van der Waals surface area contributed by atoms with Gasteiger partial charge in [0.15, 0.2) is 0 Å². The number of hydrogen-bond donors (Lipinski definition) is 2. The average Bonchev–Trinajstić information content (AvgIpc) is 2.33. The van der Waals surface area contributed by atoms with E-state index in [9.17, 15) is 14.9 Å². The maximum atomic E-state index is 12.1. The van der Waals surface area contributed by atoms with Crippen LogP contribution in [0.4, 0.5) is 11.5 Å². The maximum absolute atomic E-state index is 12.1. The lowest BCUT2D eigenvalue weighted by atomic mass is 9.82. The molecule has 0 bridgehead atoms. The van der Waals surface area contributed by atoms with Crippen molar-refractivity contribution in [2.45, 2.75) is 27.7 Å². The number of carbonyl (C=O) groups excluding carboxylic acids is 1. The van der Waals surface area contributed by atoms with Crippen LogP contribution in [-0.4, -0.2) is 22.4 Å². The molecule has 0 fully saturated rings. The highest BCUT2D eigenvalue weighted by atomic mass is 16.6. The molecule has 0 aliphatic heterocycles. The van der Waals surface area contributed by atoms with Crippen molar-refractivity contribution in [2.24, 2.45) is 11.3 Å². The van der Waals surface area contributed by atoms with Crippen LogP contribution in [0.1, 0.15) is 38.1 Å². The van der Waals surface area contributed by atoms with Gasteiger partial charge in [-0.15, -0.1) is 0 Å². The first-order valence-corrected chi connectivity index (χ1v) is 6.31. The zero-order valence-electron chi connectivity index (χ0n) is 12.1. The molecule has 1 amide bonds. The first-order chi connectivity index (χ1) is 9.12. The fourth-order valence-corrected chi connectivity index (χ4v) is 1.44. The number of carbonyl (C=O) groups is 1. The number of nitrogens with two attached hydrogens (primary N) is 1. The molecule has 1 unspecified atom stereocenters. The average molecular weight is 280 g/mol. The molecule has 0 aliphatic rings. The number of nitrogens with one attached hydrogen (secondary N) is 1. The highest BCUT2D eigenvalue weighted by molar-refractivity contribution is 5.98. The minimum Gasteiger partial charge on any atom is -0.384 e. The van der Waals surface area contributed by atoms with Gasteiger partial charge in [0.1, 0.15) is 17.6 Å². The van der Waals surface area contributed by atoms with E-state index in [1.165, 1.54) is 6.07 Å². The Labute approximate surface area is 117 Å². The summed E-state index contributed by atoms with van der Waals surface area (Å²) in [6.07, 6.45) is 0.997. The molecule has 0 spiro atoms. The molecular formula is C13H20N4O3. The molecule has 1 heterocycles. The van der Waals surface area contributed by atoms with Gasteiger partial charge >= 0.3 is 0 Å². The molecule has 7 nitrogen and oxygen atoms in total. The largest absolute Gasteiger partial charge is 0.384 e. The Balaban J connectivity index is 2.88. The summed E-state index contributed by atoms with van der Waals surface area (Å²) in [6.45, 7) is 8.64. The summed E-state index contributed by atoms with van der Waals surface area (Å²) in [6, 6.07) is 1.22. The second kappa shape index (κ2) is 5.85. The Kier molecular flexibility index (Phi) is 4.65. The first-order valence-electron chi connectivity index (χ1n) is 6.31. The number of amides is 1. The number of nitro groups is 1. The monoisotopic (exact) mass is 280 g/mol. The van der Waals surface area contributed by atoms with Crippen LogP contribution in [0.3, 0.4) is 0 Å². The number of nitrogens with zero attached hydrogens (tertiary/aromatic N) is 2. The quantitative estimate of drug-likeness (QED) is 0.647. The minimum absolute atomic E-state index is 0.0382. The zero-order chi connectivity index (χ0) is 15.5. The zero-order valence-corrected chi connectivity index (χ0v) is 12.1. The third-order valence-electron chi connectivity index (χ3n) is 3.39. The van der Waals surface area contributed by atoms with E-state index < -0.39 is 10.8 Å². The van der Waals surface area contributed by atoms with Gasteiger partial charge in [-0.1, -0.05) is 27.7 Å². The van der Waals surface area contributed by atoms with Crippen molar-refractivity contribution in [3.8, 4) is 0 Å². The van der Waals surface area contributed by atoms with Crippen LogP contribution in [0.15, 0.2) is 12.3 Å². The van der Waals surface area contributed by atoms with Gasteiger partial charge in [0.25, 0.3) is 11.6 Å². The Bertz CT molecular complexity index is 523. The lowest BCUT2D eigenvalue weighted by Crippen LogP contribution is -2.34. The van der Waals surface area contributed by atoms with Crippen LogP contribution in [0.25, 0.3) is 0 Å². The normalized spacial score (nSPS) is 12.8. The van der Waals surface area contributed by atoms with Crippen molar-refractivity contribution in [3.63, 3.8) is 0 Å². The molecular weight excluding hydrogens is 260 g/mol. The van der Waals surface area contributed by atoms with Gasteiger partial charge in [-0.05, 0) is 17.4 Å². The summed E-state index contributed by atoms with van der Waals surface area (Å²) in [7, 11) is 0. The van der Waals surface area contributed by atoms with Crippen LogP contribution in [0.2, 0.25) is 0 Å². The van der Waals surface area contributed by atoms with Crippen molar-refractivity contribution >= 4 is 17.4 Å². The molecule has 0 aromatic carbocycles. The molecule has 1 aromatic heterocycles. The van der Waals surface area contributed by atoms with Crippen LogP contribution in [0.5, 0.6) is 0 Å². The Morgan fingerprint density at radius 1 is 1.55 bits per heavy atom. The minimum atomic E-state index is -0.644. The predicted molar refractivity (Wildman–Crippen MR) is 76.3 cm³/mol. The van der Waals surface area contributed by atoms with E-state index in [0.29, 0.717) is 6.54 Å². The van der Waals surface area contributed by atoms with E-state index in [2.05, 4.69) is 31.1 Å². The highest BCUT2D eigenvalue weighted by Crippen LogP contribution is 2.25. The number of anilines is 1. The first kappa shape index (κ1) is 15.9. The van der Waals surface area contributed by atoms with Gasteiger partial charge in [-0.3, -0.25) is 14.9 Å². The highest BCUT2D eigenvalue weighted by Gasteiger charge is 2.24. The van der Waals surface area contributed by atoms with E-state index in [1.54, 1.807) is 0 Å². The summed E-state index contributed by atoms with van der Waals surface area (Å²) < 4.78 is 0. The summed E-state index contributed by atoms with van der Waals surface area (Å²) in [4.78, 5) is 25.9. The topological polar surface area (TPSA) is 111 Å². The third-order valence-corrected chi connectivity index (χ3v) is 3.39. The number of rotatable bonds is 4. The smallest absolute Gasteiger partial charge is 0.300 e. The number of nitrogen functional groups attached to an aromatic ring is 1. The second-order valence-corrected chi connectivity index (χ2v) is 5.86. The van der Waals surface area contributed by atoms with E-state index >= 15 is 0 Å². The molecule has 7 heteroatoms. The summed E-state index contributed by atoms with van der Waals surface area (Å²) in [5, 5.41) is 13.6. The SMILES string of the molecule is CC(CNC(=O)c1cc(N)ncc1[N+](=O)[O-])C(C)(C)C. The summed E-state index contributed by atoms with van der Waals surface area (Å²) in [5.41, 5.74) is 5.10. The van der Waals surface area contributed by atoms with Crippen molar-refractivity contribution in [3.05, 3.63) is 27.9 Å². The number of aromatic nitrogens is 1. The second-order valence-electron chi connectivity index (χ2n) is 5.86. The molecule has 1 aromatic rings. The lowest BCUT2D eigenvalue weighted by molar-refractivity contribution is -0.385. The van der Waals surface area contributed by atoms with Crippen molar-refractivity contribution in [1.82, 2.24) is 10.3 Å². The molecule has 0 radical (unpaired) electrons. The van der Waals surface area contributed by atoms with E-state index in [-0.39, 0.29) is 28.4 Å². The summed E-state index contributed by atoms with van der Waals surface area (Å²) in [5.74, 6) is -0.212. The molecule has 1 rings (SSSR count). The fraction of sp³-hybridized carbons (Fsp3) is 0.538. The van der Waals surface area contributed by atoms with Crippen molar-refractivity contribution < 1.29 is 9.72 Å². The maximum Gasteiger partial charge on any atom is 0.300 e. The van der Waals surface area contributed by atoms with E-state index in [4.69, 9.17) is 5.73 Å². The van der Waals surface area contributed by atoms with Gasteiger partial charge in [0.05, 0.1) is 4.92 Å². The molecule has 110 valence electrons. The van der Waals surface area contributed by atoms with Crippen LogP contribution in [-0.2, 0) is 0 Å². The molecule has 1 atom stereocenters. The summed E-state index contributed by atoms with van der Waals surface area (Å²) >= 11 is 0. The van der Waals surface area contributed by atoms with Crippen LogP contribution < -0.4 is 11.1 Å². The Morgan fingerprint density at radius 2 is 2.15 bits per heavy atom. The van der Waals surface area contributed by atoms with E-state index in [0.717, 1.165) is 6.20 Å². The fourth-order valence-electron chi connectivity index (χ4n) is 1.44. The number of pyridine rings is 1. The van der Waals surface area contributed by atoms with Gasteiger partial charge in [-0.2, -0.15) is 0 Å². The van der Waals surface area contributed by atoms with Crippen molar-refractivity contribution in [1.29, 1.82) is 0 Å². The van der Waals surface area contributed by atoms with Gasteiger partial charge in [0.2, 0.25) is 0 Å². The molecule has 0 aliphatic carbocycles. The molecule has 3 N–H and O–H groups in total. The van der Waals surface area contributed by atoms with Crippen LogP contribution in [0, 0.1) is 21.4 Å². The standard InChI is InChI=1S/C13H20N4O3/c1-8(13(2,3)4)6-16-12(18)9-5-11(14)15-7-10(9)17(19)20/h5,7-8H,6H2,1-4H3,(H2,14,15)(H,16,18). The molecule has 0 saturated heterocycles.